The van der Waals surface area contributed by atoms with Crippen molar-refractivity contribution in [2.45, 2.75) is 46.5 Å². The van der Waals surface area contributed by atoms with E-state index in [4.69, 9.17) is 4.52 Å². The number of carbonyl (C=O) groups excluding carboxylic acids is 1. The van der Waals surface area contributed by atoms with Crippen LogP contribution in [0.2, 0.25) is 0 Å². The Hall–Kier alpha value is -2.35. The lowest BCUT2D eigenvalue weighted by atomic mass is 9.71. The minimum absolute atomic E-state index is 0.161. The molecule has 0 spiro atoms. The number of hydrogen-bond donors (Lipinski definition) is 1. The molecular formula is C21H27N3O4S. The Morgan fingerprint density at radius 2 is 1.97 bits per heavy atom. The molecule has 1 aromatic carbocycles. The molecule has 8 heteroatoms. The minimum atomic E-state index is -3.22. The van der Waals surface area contributed by atoms with Crippen LogP contribution >= 0.6 is 0 Å². The van der Waals surface area contributed by atoms with E-state index in [0.29, 0.717) is 36.0 Å². The van der Waals surface area contributed by atoms with Crippen molar-refractivity contribution in [3.05, 3.63) is 41.3 Å². The van der Waals surface area contributed by atoms with Gasteiger partial charge in [-0.3, -0.25) is 9.10 Å². The molecule has 1 saturated heterocycles. The number of nitrogens with one attached hydrogen (secondary N) is 1. The van der Waals surface area contributed by atoms with E-state index in [-0.39, 0.29) is 17.1 Å². The van der Waals surface area contributed by atoms with Crippen LogP contribution in [0.25, 0.3) is 0 Å². The second-order valence-corrected chi connectivity index (χ2v) is 11.0. The first-order chi connectivity index (χ1) is 13.6. The van der Waals surface area contributed by atoms with Crippen LogP contribution in [0.5, 0.6) is 0 Å². The lowest BCUT2D eigenvalue weighted by molar-refractivity contribution is 0.101. The first-order valence-electron chi connectivity index (χ1n) is 10.0. The minimum Gasteiger partial charge on any atom is -0.360 e. The fourth-order valence-corrected chi connectivity index (χ4v) is 5.72. The fraction of sp³-hybridized carbons (Fsp3) is 0.524. The van der Waals surface area contributed by atoms with Crippen LogP contribution < -0.4 is 9.62 Å². The molecule has 1 amide bonds. The Kier molecular flexibility index (Phi) is 4.93. The van der Waals surface area contributed by atoms with Crippen molar-refractivity contribution in [3.63, 3.8) is 0 Å². The van der Waals surface area contributed by atoms with Gasteiger partial charge in [-0.15, -0.1) is 0 Å². The predicted molar refractivity (Wildman–Crippen MR) is 112 cm³/mol. The molecule has 1 fully saturated rings. The normalized spacial score (nSPS) is 21.1. The van der Waals surface area contributed by atoms with Crippen molar-refractivity contribution in [3.8, 4) is 0 Å². The number of aryl methyl sites for hydroxylation is 1. The zero-order valence-electron chi connectivity index (χ0n) is 17.1. The molecule has 1 aromatic heterocycles. The van der Waals surface area contributed by atoms with Crippen LogP contribution in [0.4, 0.5) is 11.4 Å². The quantitative estimate of drug-likeness (QED) is 0.823. The number of fused-ring (bicyclic) bond motifs is 1. The average Bonchev–Trinajstić information content (AvgIpc) is 3.23. The number of carbonyl (C=O) groups is 1. The van der Waals surface area contributed by atoms with Crippen LogP contribution in [0.3, 0.4) is 0 Å². The molecule has 1 unspecified atom stereocenters. The molecule has 1 aliphatic carbocycles. The number of nitrogens with zero attached hydrogens (tertiary/aromatic N) is 2. The molecule has 2 aliphatic rings. The Balaban J connectivity index is 1.49. The average molecular weight is 418 g/mol. The van der Waals surface area contributed by atoms with Gasteiger partial charge in [-0.25, -0.2) is 8.42 Å². The molecule has 4 rings (SSSR count). The van der Waals surface area contributed by atoms with Crippen molar-refractivity contribution in [1.29, 1.82) is 0 Å². The molecule has 29 heavy (non-hydrogen) atoms. The van der Waals surface area contributed by atoms with Crippen LogP contribution in [0.15, 0.2) is 28.8 Å². The second kappa shape index (κ2) is 7.16. The van der Waals surface area contributed by atoms with Crippen molar-refractivity contribution in [2.24, 2.45) is 11.3 Å². The van der Waals surface area contributed by atoms with Crippen molar-refractivity contribution < 1.29 is 17.7 Å². The smallest absolute Gasteiger partial charge is 0.278 e. The van der Waals surface area contributed by atoms with E-state index in [1.165, 1.54) is 4.31 Å². The van der Waals surface area contributed by atoms with Gasteiger partial charge in [0.1, 0.15) is 5.76 Å². The summed E-state index contributed by atoms with van der Waals surface area (Å²) >= 11 is 0. The molecule has 2 aromatic rings. The second-order valence-electron chi connectivity index (χ2n) is 8.98. The number of sulfonamides is 1. The van der Waals surface area contributed by atoms with Crippen LogP contribution in [-0.2, 0) is 22.9 Å². The summed E-state index contributed by atoms with van der Waals surface area (Å²) in [6, 6.07) is 6.86. The molecule has 1 N–H and O–H groups in total. The maximum Gasteiger partial charge on any atom is 0.278 e. The number of rotatable bonds is 3. The van der Waals surface area contributed by atoms with Crippen LogP contribution in [0, 0.1) is 11.3 Å². The molecular weight excluding hydrogens is 390 g/mol. The highest BCUT2D eigenvalue weighted by molar-refractivity contribution is 7.93. The number of aromatic nitrogens is 1. The van der Waals surface area contributed by atoms with E-state index in [9.17, 15) is 13.2 Å². The van der Waals surface area contributed by atoms with E-state index in [2.05, 4.69) is 31.2 Å². The Bertz CT molecular complexity index is 1020. The van der Waals surface area contributed by atoms with Crippen molar-refractivity contribution in [2.75, 3.05) is 21.9 Å². The van der Waals surface area contributed by atoms with E-state index in [0.717, 1.165) is 30.6 Å². The van der Waals surface area contributed by atoms with E-state index >= 15 is 0 Å². The monoisotopic (exact) mass is 417 g/mol. The topological polar surface area (TPSA) is 92.5 Å². The summed E-state index contributed by atoms with van der Waals surface area (Å²) in [4.78, 5) is 12.8. The number of hydrogen-bond acceptors (Lipinski definition) is 5. The maximum absolute atomic E-state index is 12.8. The van der Waals surface area contributed by atoms with Gasteiger partial charge in [0, 0.05) is 24.2 Å². The third kappa shape index (κ3) is 3.90. The molecule has 156 valence electrons. The predicted octanol–water partition coefficient (Wildman–Crippen LogP) is 3.62. The lowest BCUT2D eigenvalue weighted by Crippen LogP contribution is -2.27. The molecule has 1 aliphatic heterocycles. The van der Waals surface area contributed by atoms with Gasteiger partial charge in [0.05, 0.1) is 11.4 Å². The highest BCUT2D eigenvalue weighted by Gasteiger charge is 2.34. The fourth-order valence-electron chi connectivity index (χ4n) is 4.15. The zero-order valence-corrected chi connectivity index (χ0v) is 17.9. The van der Waals surface area contributed by atoms with Gasteiger partial charge in [0.15, 0.2) is 5.69 Å². The molecule has 0 saturated carbocycles. The number of benzene rings is 1. The number of amides is 1. The Morgan fingerprint density at radius 3 is 2.59 bits per heavy atom. The van der Waals surface area contributed by atoms with Gasteiger partial charge < -0.3 is 9.84 Å². The van der Waals surface area contributed by atoms with E-state index in [1.54, 1.807) is 24.3 Å². The Labute approximate surface area is 171 Å². The summed E-state index contributed by atoms with van der Waals surface area (Å²) in [5, 5.41) is 6.89. The maximum atomic E-state index is 12.8. The van der Waals surface area contributed by atoms with Gasteiger partial charge in [0.2, 0.25) is 10.0 Å². The highest BCUT2D eigenvalue weighted by atomic mass is 32.2. The molecule has 2 heterocycles. The van der Waals surface area contributed by atoms with Crippen molar-refractivity contribution >= 4 is 27.3 Å². The third-order valence-corrected chi connectivity index (χ3v) is 7.86. The number of anilines is 2. The summed E-state index contributed by atoms with van der Waals surface area (Å²) in [5.74, 6) is 1.16. The first kappa shape index (κ1) is 19.9. The molecule has 1 atom stereocenters. The zero-order chi connectivity index (χ0) is 20.8. The Morgan fingerprint density at radius 1 is 1.24 bits per heavy atom. The van der Waals surface area contributed by atoms with Crippen LogP contribution in [0.1, 0.15) is 55.4 Å². The summed E-state index contributed by atoms with van der Waals surface area (Å²) in [6.07, 6.45) is 3.26. The third-order valence-electron chi connectivity index (χ3n) is 5.99. The first-order valence-corrected chi connectivity index (χ1v) is 11.7. The molecule has 0 bridgehead atoms. The SMILES string of the molecule is CC(C)(C)C1CCc2onc(C(=O)Nc3ccc(N4CCCS4(=O)=O)cc3)c2C1. The van der Waals surface area contributed by atoms with E-state index in [1.807, 2.05) is 0 Å². The highest BCUT2D eigenvalue weighted by Crippen LogP contribution is 2.38. The summed E-state index contributed by atoms with van der Waals surface area (Å²) in [7, 11) is -3.22. The van der Waals surface area contributed by atoms with Gasteiger partial charge in [-0.2, -0.15) is 0 Å². The van der Waals surface area contributed by atoms with Gasteiger partial charge >= 0.3 is 0 Å². The summed E-state index contributed by atoms with van der Waals surface area (Å²) < 4.78 is 31.0. The largest absolute Gasteiger partial charge is 0.360 e. The standard InChI is InChI=1S/C21H27N3O4S/c1-21(2,3)14-5-10-18-17(13-14)19(23-28-18)20(25)22-15-6-8-16(9-7-15)24-11-4-12-29(24,26)27/h6-9,14H,4-5,10-13H2,1-3H3,(H,22,25). The van der Waals surface area contributed by atoms with Gasteiger partial charge in [-0.1, -0.05) is 25.9 Å². The van der Waals surface area contributed by atoms with E-state index < -0.39 is 10.0 Å². The van der Waals surface area contributed by atoms with Gasteiger partial charge in [-0.05, 0) is 54.9 Å². The summed E-state index contributed by atoms with van der Waals surface area (Å²) in [6.45, 7) is 7.15. The molecule has 0 radical (unpaired) electrons. The van der Waals surface area contributed by atoms with Gasteiger partial charge in [0.25, 0.3) is 5.91 Å². The lowest BCUT2D eigenvalue weighted by Gasteiger charge is -2.33. The van der Waals surface area contributed by atoms with Crippen molar-refractivity contribution in [1.82, 2.24) is 5.16 Å². The summed E-state index contributed by atoms with van der Waals surface area (Å²) in [5.41, 5.74) is 2.63. The molecule has 7 nitrogen and oxygen atoms in total. The van der Waals surface area contributed by atoms with Crippen LogP contribution in [-0.4, -0.2) is 31.8 Å².